The van der Waals surface area contributed by atoms with E-state index in [2.05, 4.69) is 19.2 Å². The van der Waals surface area contributed by atoms with Crippen molar-refractivity contribution in [3.8, 4) is 5.75 Å². The van der Waals surface area contributed by atoms with Gasteiger partial charge in [-0.1, -0.05) is 31.5 Å². The van der Waals surface area contributed by atoms with E-state index < -0.39 is 0 Å². The van der Waals surface area contributed by atoms with Gasteiger partial charge in [0.05, 0.1) is 18.2 Å². The fourth-order valence-electron chi connectivity index (χ4n) is 2.90. The van der Waals surface area contributed by atoms with Crippen LogP contribution in [-0.4, -0.2) is 26.8 Å². The number of benzene rings is 1. The molecule has 0 saturated carbocycles. The highest BCUT2D eigenvalue weighted by molar-refractivity contribution is 6.31. The summed E-state index contributed by atoms with van der Waals surface area (Å²) in [6.07, 6.45) is 2.28. The molecule has 1 saturated heterocycles. The van der Waals surface area contributed by atoms with Crippen molar-refractivity contribution in [2.45, 2.75) is 32.8 Å². The molecule has 2 rings (SSSR count). The Hall–Kier alpha value is -0.770. The summed E-state index contributed by atoms with van der Waals surface area (Å²) in [4.78, 5) is 0. The zero-order valence-corrected chi connectivity index (χ0v) is 14.0. The Kier molecular flexibility index (Phi) is 6.34. The average Bonchev–Trinajstić information content (AvgIpc) is 2.47. The van der Waals surface area contributed by atoms with Crippen LogP contribution < -0.4 is 10.1 Å². The first kappa shape index (κ1) is 16.6. The second kappa shape index (κ2) is 8.02. The molecule has 1 N–H and O–H groups in total. The maximum Gasteiger partial charge on any atom is 0.126 e. The monoisotopic (exact) mass is 311 g/mol. The van der Waals surface area contributed by atoms with E-state index in [4.69, 9.17) is 21.1 Å². The fourth-order valence-corrected chi connectivity index (χ4v) is 3.17. The number of nitrogens with one attached hydrogen (secondary N) is 1. The summed E-state index contributed by atoms with van der Waals surface area (Å²) in [5.41, 5.74) is 0.998. The Morgan fingerprint density at radius 2 is 2.24 bits per heavy atom. The molecule has 3 nitrogen and oxygen atoms in total. The van der Waals surface area contributed by atoms with Crippen LogP contribution in [0.2, 0.25) is 5.02 Å². The maximum absolute atomic E-state index is 6.41. The van der Waals surface area contributed by atoms with Gasteiger partial charge in [-0.2, -0.15) is 0 Å². The molecule has 1 heterocycles. The predicted octanol–water partition coefficient (Wildman–Crippen LogP) is 4.06. The van der Waals surface area contributed by atoms with Crippen molar-refractivity contribution in [3.63, 3.8) is 0 Å². The largest absolute Gasteiger partial charge is 0.496 e. The molecule has 0 aliphatic carbocycles. The molecule has 1 aliphatic heterocycles. The van der Waals surface area contributed by atoms with Gasteiger partial charge in [0.25, 0.3) is 0 Å². The van der Waals surface area contributed by atoms with Crippen molar-refractivity contribution in [2.75, 3.05) is 26.8 Å². The molecule has 21 heavy (non-hydrogen) atoms. The molecule has 4 heteroatoms. The third kappa shape index (κ3) is 4.35. The van der Waals surface area contributed by atoms with Crippen LogP contribution in [0.4, 0.5) is 0 Å². The van der Waals surface area contributed by atoms with Crippen LogP contribution >= 0.6 is 11.6 Å². The van der Waals surface area contributed by atoms with Crippen LogP contribution in [0.5, 0.6) is 5.75 Å². The van der Waals surface area contributed by atoms with E-state index in [1.807, 2.05) is 18.2 Å². The smallest absolute Gasteiger partial charge is 0.126 e. The first-order chi connectivity index (χ1) is 10.1. The highest BCUT2D eigenvalue weighted by atomic mass is 35.5. The number of rotatable bonds is 6. The first-order valence-corrected chi connectivity index (χ1v) is 8.16. The van der Waals surface area contributed by atoms with Crippen molar-refractivity contribution < 1.29 is 9.47 Å². The minimum Gasteiger partial charge on any atom is -0.496 e. The van der Waals surface area contributed by atoms with E-state index >= 15 is 0 Å². The van der Waals surface area contributed by atoms with Crippen LogP contribution in [0.1, 0.15) is 38.4 Å². The molecule has 1 aliphatic rings. The van der Waals surface area contributed by atoms with Gasteiger partial charge in [-0.05, 0) is 37.4 Å². The van der Waals surface area contributed by atoms with E-state index in [-0.39, 0.29) is 6.10 Å². The van der Waals surface area contributed by atoms with Crippen LogP contribution in [0.15, 0.2) is 18.2 Å². The molecule has 0 radical (unpaired) electrons. The van der Waals surface area contributed by atoms with Gasteiger partial charge >= 0.3 is 0 Å². The highest BCUT2D eigenvalue weighted by Crippen LogP contribution is 2.41. The molecule has 0 bridgehead atoms. The molecule has 118 valence electrons. The second-order valence-corrected chi connectivity index (χ2v) is 6.51. The number of ether oxygens (including phenoxy) is 2. The number of methoxy groups -OCH3 is 1. The summed E-state index contributed by atoms with van der Waals surface area (Å²) in [6, 6.07) is 5.78. The molecule has 2 atom stereocenters. The number of hydrogen-bond donors (Lipinski definition) is 1. The number of halogens is 1. The lowest BCUT2D eigenvalue weighted by Gasteiger charge is -2.33. The summed E-state index contributed by atoms with van der Waals surface area (Å²) >= 11 is 6.41. The summed E-state index contributed by atoms with van der Waals surface area (Å²) in [7, 11) is 1.68. The van der Waals surface area contributed by atoms with Crippen molar-refractivity contribution >= 4 is 11.6 Å². The SMILES string of the molecule is COc1cccc(Cl)c1C1OCCCC1CNCC(C)C. The zero-order chi connectivity index (χ0) is 15.2. The lowest BCUT2D eigenvalue weighted by Crippen LogP contribution is -2.33. The molecule has 1 aromatic carbocycles. The van der Waals surface area contributed by atoms with Crippen molar-refractivity contribution in [3.05, 3.63) is 28.8 Å². The molecule has 2 unspecified atom stereocenters. The molecular formula is C17H26ClNO2. The normalized spacial score (nSPS) is 22.5. The quantitative estimate of drug-likeness (QED) is 0.859. The van der Waals surface area contributed by atoms with Gasteiger partial charge < -0.3 is 14.8 Å². The Morgan fingerprint density at radius 1 is 1.43 bits per heavy atom. The van der Waals surface area contributed by atoms with Gasteiger partial charge in [0.2, 0.25) is 0 Å². The predicted molar refractivity (Wildman–Crippen MR) is 87.1 cm³/mol. The lowest BCUT2D eigenvalue weighted by molar-refractivity contribution is -0.0289. The average molecular weight is 312 g/mol. The number of hydrogen-bond acceptors (Lipinski definition) is 3. The van der Waals surface area contributed by atoms with Gasteiger partial charge in [-0.3, -0.25) is 0 Å². The van der Waals surface area contributed by atoms with Gasteiger partial charge in [-0.25, -0.2) is 0 Å². The van der Waals surface area contributed by atoms with Gasteiger partial charge in [0.1, 0.15) is 5.75 Å². The second-order valence-electron chi connectivity index (χ2n) is 6.10. The fraction of sp³-hybridized carbons (Fsp3) is 0.647. The third-order valence-electron chi connectivity index (χ3n) is 3.92. The van der Waals surface area contributed by atoms with Crippen LogP contribution in [0.3, 0.4) is 0 Å². The summed E-state index contributed by atoms with van der Waals surface area (Å²) in [5, 5.41) is 4.28. The topological polar surface area (TPSA) is 30.5 Å². The van der Waals surface area contributed by atoms with Crippen LogP contribution in [-0.2, 0) is 4.74 Å². The summed E-state index contributed by atoms with van der Waals surface area (Å²) in [6.45, 7) is 7.22. The van der Waals surface area contributed by atoms with Crippen molar-refractivity contribution in [1.29, 1.82) is 0 Å². The molecule has 1 fully saturated rings. The molecular weight excluding hydrogens is 286 g/mol. The Bertz CT molecular complexity index is 450. The standard InChI is InChI=1S/C17H26ClNO2/c1-12(2)10-19-11-13-6-5-9-21-17(13)16-14(18)7-4-8-15(16)20-3/h4,7-8,12-13,17,19H,5-6,9-11H2,1-3H3. The van der Waals surface area contributed by atoms with Crippen LogP contribution in [0.25, 0.3) is 0 Å². The minimum absolute atomic E-state index is 0.0158. The van der Waals surface area contributed by atoms with E-state index in [0.29, 0.717) is 11.8 Å². The zero-order valence-electron chi connectivity index (χ0n) is 13.2. The Morgan fingerprint density at radius 3 is 2.95 bits per heavy atom. The van der Waals surface area contributed by atoms with Gasteiger partial charge in [0, 0.05) is 24.6 Å². The summed E-state index contributed by atoms with van der Waals surface area (Å²) < 4.78 is 11.5. The minimum atomic E-state index is 0.0158. The Balaban J connectivity index is 2.15. The molecule has 0 spiro atoms. The molecule has 1 aromatic rings. The maximum atomic E-state index is 6.41. The summed E-state index contributed by atoms with van der Waals surface area (Å²) in [5.74, 6) is 1.91. The van der Waals surface area contributed by atoms with Gasteiger partial charge in [-0.15, -0.1) is 0 Å². The van der Waals surface area contributed by atoms with E-state index in [1.165, 1.54) is 0 Å². The van der Waals surface area contributed by atoms with Crippen molar-refractivity contribution in [1.82, 2.24) is 5.32 Å². The molecule has 0 amide bonds. The highest BCUT2D eigenvalue weighted by Gasteiger charge is 2.31. The third-order valence-corrected chi connectivity index (χ3v) is 4.25. The van der Waals surface area contributed by atoms with E-state index in [0.717, 1.165) is 48.9 Å². The Labute approximate surface area is 133 Å². The lowest BCUT2D eigenvalue weighted by atomic mass is 9.88. The van der Waals surface area contributed by atoms with Gasteiger partial charge in [0.15, 0.2) is 0 Å². The van der Waals surface area contributed by atoms with E-state index in [1.54, 1.807) is 7.11 Å². The van der Waals surface area contributed by atoms with Crippen molar-refractivity contribution in [2.24, 2.45) is 11.8 Å². The van der Waals surface area contributed by atoms with E-state index in [9.17, 15) is 0 Å². The molecule has 0 aromatic heterocycles. The van der Waals surface area contributed by atoms with Crippen LogP contribution in [0, 0.1) is 11.8 Å². The first-order valence-electron chi connectivity index (χ1n) is 7.78.